The van der Waals surface area contributed by atoms with Crippen molar-refractivity contribution < 1.29 is 0 Å². The molecule has 0 heterocycles. The third-order valence-electron chi connectivity index (χ3n) is 7.01. The number of rotatable bonds is 2. The van der Waals surface area contributed by atoms with E-state index in [9.17, 15) is 0 Å². The summed E-state index contributed by atoms with van der Waals surface area (Å²) in [6.45, 7) is 0.975. The summed E-state index contributed by atoms with van der Waals surface area (Å²) in [6.07, 6.45) is 13.9. The molecular weight excluding hydrogens is 206 g/mol. The van der Waals surface area contributed by atoms with Gasteiger partial charge in [0.05, 0.1) is 0 Å². The highest BCUT2D eigenvalue weighted by Crippen LogP contribution is 2.66. The van der Waals surface area contributed by atoms with Crippen LogP contribution in [0.15, 0.2) is 0 Å². The normalized spacial score (nSPS) is 53.5. The van der Waals surface area contributed by atoms with E-state index in [2.05, 4.69) is 0 Å². The van der Waals surface area contributed by atoms with Crippen LogP contribution in [0.1, 0.15) is 57.8 Å². The maximum atomic E-state index is 6.05. The van der Waals surface area contributed by atoms with Gasteiger partial charge in [0.25, 0.3) is 0 Å². The van der Waals surface area contributed by atoms with Gasteiger partial charge < -0.3 is 5.73 Å². The van der Waals surface area contributed by atoms with Crippen LogP contribution < -0.4 is 5.73 Å². The first-order valence-corrected chi connectivity index (χ1v) is 8.01. The van der Waals surface area contributed by atoms with E-state index in [4.69, 9.17) is 5.73 Å². The van der Waals surface area contributed by atoms with Crippen molar-refractivity contribution in [3.63, 3.8) is 0 Å². The maximum absolute atomic E-state index is 6.05. The average molecular weight is 233 g/mol. The molecule has 2 unspecified atom stereocenters. The molecule has 5 aliphatic rings. The highest BCUT2D eigenvalue weighted by molar-refractivity contribution is 5.07. The predicted octanol–water partition coefficient (Wildman–Crippen LogP) is 3.58. The summed E-state index contributed by atoms with van der Waals surface area (Å²) in [6, 6.07) is 0. The Bertz CT molecular complexity index is 289. The average Bonchev–Trinajstić information content (AvgIpc) is 2.82. The van der Waals surface area contributed by atoms with Gasteiger partial charge in [0.15, 0.2) is 0 Å². The molecule has 0 aromatic rings. The minimum Gasteiger partial charge on any atom is -0.330 e. The molecule has 0 spiro atoms. The highest BCUT2D eigenvalue weighted by atomic mass is 14.7. The van der Waals surface area contributed by atoms with E-state index in [1.54, 1.807) is 32.1 Å². The first-order chi connectivity index (χ1) is 8.31. The molecule has 0 aromatic carbocycles. The summed E-state index contributed by atoms with van der Waals surface area (Å²) >= 11 is 0. The molecule has 0 radical (unpaired) electrons. The smallest absolute Gasteiger partial charge is 0.00436 e. The Morgan fingerprint density at radius 1 is 0.941 bits per heavy atom. The molecule has 2 N–H and O–H groups in total. The lowest BCUT2D eigenvalue weighted by atomic mass is 9.43. The Kier molecular flexibility index (Phi) is 2.38. The quantitative estimate of drug-likeness (QED) is 0.775. The van der Waals surface area contributed by atoms with Gasteiger partial charge in [-0.3, -0.25) is 0 Å². The van der Waals surface area contributed by atoms with Gasteiger partial charge in [-0.15, -0.1) is 0 Å². The largest absolute Gasteiger partial charge is 0.330 e. The van der Waals surface area contributed by atoms with Crippen molar-refractivity contribution in [2.75, 3.05) is 6.54 Å². The van der Waals surface area contributed by atoms with Gasteiger partial charge in [-0.2, -0.15) is 0 Å². The number of nitrogens with two attached hydrogens (primary N) is 1. The molecule has 5 rings (SSSR count). The number of hydrogen-bond acceptors (Lipinski definition) is 1. The van der Waals surface area contributed by atoms with Crippen LogP contribution >= 0.6 is 0 Å². The third kappa shape index (κ3) is 1.47. The molecule has 17 heavy (non-hydrogen) atoms. The summed E-state index contributed by atoms with van der Waals surface area (Å²) in [4.78, 5) is 0. The van der Waals surface area contributed by atoms with Crippen molar-refractivity contribution in [3.05, 3.63) is 0 Å². The minimum absolute atomic E-state index is 0.804. The van der Waals surface area contributed by atoms with E-state index in [0.29, 0.717) is 0 Å². The molecule has 0 aliphatic heterocycles. The van der Waals surface area contributed by atoms with Crippen molar-refractivity contribution in [3.8, 4) is 0 Å². The maximum Gasteiger partial charge on any atom is -0.00436 e. The molecule has 0 aromatic heterocycles. The molecule has 96 valence electrons. The standard InChI is InChI=1S/C16H27N/c17-10-15-12-5-11-6-13(15)9-16(7-11,8-12)14-3-1-2-4-14/h11-15H,1-10,17H2. The van der Waals surface area contributed by atoms with Crippen LogP contribution in [0, 0.1) is 35.0 Å². The second-order valence-electron chi connectivity index (χ2n) is 7.71. The first kappa shape index (κ1) is 10.8. The number of hydrogen-bond donors (Lipinski definition) is 1. The summed E-state index contributed by atoms with van der Waals surface area (Å²) < 4.78 is 0. The Morgan fingerprint density at radius 2 is 1.59 bits per heavy atom. The highest BCUT2D eigenvalue weighted by Gasteiger charge is 2.57. The zero-order valence-electron chi connectivity index (χ0n) is 11.0. The molecule has 2 atom stereocenters. The van der Waals surface area contributed by atoms with Crippen molar-refractivity contribution in [1.29, 1.82) is 0 Å². The molecule has 5 fully saturated rings. The van der Waals surface area contributed by atoms with Crippen LogP contribution in [0.4, 0.5) is 0 Å². The second-order valence-corrected chi connectivity index (χ2v) is 7.71. The van der Waals surface area contributed by atoms with Crippen molar-refractivity contribution >= 4 is 0 Å². The summed E-state index contributed by atoms with van der Waals surface area (Å²) in [5.74, 6) is 5.14. The monoisotopic (exact) mass is 233 g/mol. The van der Waals surface area contributed by atoms with E-state index in [0.717, 1.165) is 41.5 Å². The lowest BCUT2D eigenvalue weighted by Crippen LogP contribution is -2.54. The molecule has 5 aliphatic carbocycles. The third-order valence-corrected chi connectivity index (χ3v) is 7.01. The fourth-order valence-corrected chi connectivity index (χ4v) is 6.62. The van der Waals surface area contributed by atoms with Crippen LogP contribution in [0.3, 0.4) is 0 Å². The van der Waals surface area contributed by atoms with E-state index in [1.165, 1.54) is 25.7 Å². The van der Waals surface area contributed by atoms with Crippen LogP contribution in [-0.4, -0.2) is 6.54 Å². The molecular formula is C16H27N. The fraction of sp³-hybridized carbons (Fsp3) is 1.00. The Balaban J connectivity index is 1.63. The minimum atomic E-state index is 0.804. The Labute approximate surface area is 106 Å². The van der Waals surface area contributed by atoms with Crippen LogP contribution in [0.5, 0.6) is 0 Å². The molecule has 4 bridgehead atoms. The van der Waals surface area contributed by atoms with Gasteiger partial charge in [-0.05, 0) is 86.5 Å². The van der Waals surface area contributed by atoms with Gasteiger partial charge in [-0.25, -0.2) is 0 Å². The van der Waals surface area contributed by atoms with Crippen molar-refractivity contribution in [2.45, 2.75) is 57.8 Å². The summed E-state index contributed by atoms with van der Waals surface area (Å²) in [7, 11) is 0. The molecule has 0 amide bonds. The topological polar surface area (TPSA) is 26.0 Å². The first-order valence-electron chi connectivity index (χ1n) is 8.01. The summed E-state index contributed by atoms with van der Waals surface area (Å²) in [5, 5.41) is 0. The van der Waals surface area contributed by atoms with Crippen LogP contribution in [0.25, 0.3) is 0 Å². The zero-order valence-corrected chi connectivity index (χ0v) is 11.0. The van der Waals surface area contributed by atoms with Crippen molar-refractivity contribution in [2.24, 2.45) is 40.7 Å². The molecule has 0 saturated heterocycles. The van der Waals surface area contributed by atoms with Gasteiger partial charge in [0.2, 0.25) is 0 Å². The Hall–Kier alpha value is -0.0400. The fourth-order valence-electron chi connectivity index (χ4n) is 6.62. The summed E-state index contributed by atoms with van der Waals surface area (Å²) in [5.41, 5.74) is 6.85. The van der Waals surface area contributed by atoms with E-state index < -0.39 is 0 Å². The zero-order chi connectivity index (χ0) is 11.5. The van der Waals surface area contributed by atoms with E-state index in [-0.39, 0.29) is 0 Å². The van der Waals surface area contributed by atoms with Gasteiger partial charge >= 0.3 is 0 Å². The van der Waals surface area contributed by atoms with E-state index >= 15 is 0 Å². The SMILES string of the molecule is NCC1C2CC3CC1CC(C1CCCC1)(C3)C2. The van der Waals surface area contributed by atoms with E-state index in [1.807, 2.05) is 0 Å². The molecule has 1 nitrogen and oxygen atoms in total. The van der Waals surface area contributed by atoms with Crippen molar-refractivity contribution in [1.82, 2.24) is 0 Å². The molecule has 5 saturated carbocycles. The molecule has 1 heteroatoms. The lowest BCUT2D eigenvalue weighted by molar-refractivity contribution is -0.119. The second kappa shape index (κ2) is 3.73. The van der Waals surface area contributed by atoms with Gasteiger partial charge in [0.1, 0.15) is 0 Å². The van der Waals surface area contributed by atoms with Crippen LogP contribution in [0.2, 0.25) is 0 Å². The lowest BCUT2D eigenvalue weighted by Gasteiger charge is -2.62. The van der Waals surface area contributed by atoms with Crippen LogP contribution in [-0.2, 0) is 0 Å². The Morgan fingerprint density at radius 3 is 2.18 bits per heavy atom. The van der Waals surface area contributed by atoms with Gasteiger partial charge in [-0.1, -0.05) is 12.8 Å². The van der Waals surface area contributed by atoms with Gasteiger partial charge in [0, 0.05) is 0 Å². The predicted molar refractivity (Wildman–Crippen MR) is 70.5 cm³/mol.